The van der Waals surface area contributed by atoms with Crippen LogP contribution in [0.3, 0.4) is 0 Å². The minimum absolute atomic E-state index is 0.0738. The summed E-state index contributed by atoms with van der Waals surface area (Å²) in [7, 11) is 2.16. The van der Waals surface area contributed by atoms with Crippen LogP contribution in [0.5, 0.6) is 0 Å². The van der Waals surface area contributed by atoms with Crippen molar-refractivity contribution in [2.45, 2.75) is 19.3 Å². The molecule has 3 heterocycles. The third kappa shape index (κ3) is 2.57. The Bertz CT molecular complexity index is 798. The van der Waals surface area contributed by atoms with E-state index in [4.69, 9.17) is 0 Å². The van der Waals surface area contributed by atoms with Gasteiger partial charge in [-0.05, 0) is 63.0 Å². The summed E-state index contributed by atoms with van der Waals surface area (Å²) < 4.78 is 0. The van der Waals surface area contributed by atoms with Crippen LogP contribution in [-0.4, -0.2) is 58.9 Å². The first kappa shape index (κ1) is 14.5. The number of carbonyl (C=O) groups is 1. The van der Waals surface area contributed by atoms with E-state index < -0.39 is 0 Å². The SMILES string of the molecule is CN1CCC2(CC1)CCN(C(=O)c1ccc3[nH]c(=O)[nH]c3c1)C2. The molecule has 0 saturated carbocycles. The number of hydrogen-bond acceptors (Lipinski definition) is 3. The van der Waals surface area contributed by atoms with E-state index in [2.05, 4.69) is 21.9 Å². The zero-order chi connectivity index (χ0) is 16.0. The minimum Gasteiger partial charge on any atom is -0.338 e. The average Bonchev–Trinajstić information content (AvgIpc) is 3.12. The zero-order valence-electron chi connectivity index (χ0n) is 13.4. The van der Waals surface area contributed by atoms with Crippen molar-refractivity contribution < 1.29 is 4.79 Å². The molecule has 1 aromatic carbocycles. The van der Waals surface area contributed by atoms with E-state index in [1.54, 1.807) is 18.2 Å². The third-order valence-corrected chi connectivity index (χ3v) is 5.54. The van der Waals surface area contributed by atoms with Crippen LogP contribution in [0, 0.1) is 5.41 Å². The van der Waals surface area contributed by atoms with Crippen LogP contribution in [0.25, 0.3) is 11.0 Å². The molecule has 2 aromatic rings. The molecule has 0 atom stereocenters. The number of H-pyrrole nitrogens is 2. The highest BCUT2D eigenvalue weighted by atomic mass is 16.2. The van der Waals surface area contributed by atoms with Gasteiger partial charge in [0.05, 0.1) is 11.0 Å². The van der Waals surface area contributed by atoms with E-state index in [1.807, 2.05) is 4.90 Å². The fourth-order valence-corrected chi connectivity index (χ4v) is 3.96. The highest BCUT2D eigenvalue weighted by molar-refractivity contribution is 5.97. The molecule has 2 saturated heterocycles. The van der Waals surface area contributed by atoms with E-state index >= 15 is 0 Å². The summed E-state index contributed by atoms with van der Waals surface area (Å²) in [4.78, 5) is 33.9. The maximum atomic E-state index is 12.8. The topological polar surface area (TPSA) is 72.2 Å². The van der Waals surface area contributed by atoms with Crippen LogP contribution in [0.15, 0.2) is 23.0 Å². The zero-order valence-corrected chi connectivity index (χ0v) is 13.4. The Hall–Kier alpha value is -2.08. The van der Waals surface area contributed by atoms with Gasteiger partial charge in [-0.1, -0.05) is 0 Å². The summed E-state index contributed by atoms with van der Waals surface area (Å²) >= 11 is 0. The lowest BCUT2D eigenvalue weighted by Crippen LogP contribution is -2.40. The van der Waals surface area contributed by atoms with Crippen LogP contribution in [0.2, 0.25) is 0 Å². The molecule has 1 spiro atoms. The number of fused-ring (bicyclic) bond motifs is 1. The molecule has 1 amide bonds. The van der Waals surface area contributed by atoms with Gasteiger partial charge in [-0.2, -0.15) is 0 Å². The number of rotatable bonds is 1. The average molecular weight is 314 g/mol. The highest BCUT2D eigenvalue weighted by Gasteiger charge is 2.41. The van der Waals surface area contributed by atoms with E-state index in [9.17, 15) is 9.59 Å². The van der Waals surface area contributed by atoms with Crippen molar-refractivity contribution in [3.8, 4) is 0 Å². The largest absolute Gasteiger partial charge is 0.338 e. The quantitative estimate of drug-likeness (QED) is 0.836. The fraction of sp³-hybridized carbons (Fsp3) is 0.529. The number of imidazole rings is 1. The molecule has 23 heavy (non-hydrogen) atoms. The fourth-order valence-electron chi connectivity index (χ4n) is 3.96. The standard InChI is InChI=1S/C17H22N4O2/c1-20-7-4-17(5-8-20)6-9-21(11-17)15(22)12-2-3-13-14(10-12)19-16(23)18-13/h2-3,10H,4-9,11H2,1H3,(H2,18,19,23). The first-order chi connectivity index (χ1) is 11.0. The first-order valence-corrected chi connectivity index (χ1v) is 8.25. The summed E-state index contributed by atoms with van der Waals surface area (Å²) in [5.41, 5.74) is 2.15. The number of likely N-dealkylation sites (tertiary alicyclic amines) is 2. The van der Waals surface area contributed by atoms with Crippen molar-refractivity contribution in [2.75, 3.05) is 33.2 Å². The van der Waals surface area contributed by atoms with E-state index in [1.165, 1.54) is 12.8 Å². The van der Waals surface area contributed by atoms with Gasteiger partial charge >= 0.3 is 5.69 Å². The van der Waals surface area contributed by atoms with Crippen molar-refractivity contribution in [1.29, 1.82) is 0 Å². The van der Waals surface area contributed by atoms with Crippen molar-refractivity contribution in [1.82, 2.24) is 19.8 Å². The van der Waals surface area contributed by atoms with Crippen LogP contribution >= 0.6 is 0 Å². The molecule has 2 aliphatic rings. The lowest BCUT2D eigenvalue weighted by Gasteiger charge is -2.37. The summed E-state index contributed by atoms with van der Waals surface area (Å²) in [6, 6.07) is 5.37. The predicted octanol–water partition coefficient (Wildman–Crippen LogP) is 1.41. The second-order valence-corrected chi connectivity index (χ2v) is 7.12. The van der Waals surface area contributed by atoms with Gasteiger partial charge in [0.15, 0.2) is 0 Å². The summed E-state index contributed by atoms with van der Waals surface area (Å²) in [5.74, 6) is 0.0738. The molecular weight excluding hydrogens is 292 g/mol. The van der Waals surface area contributed by atoms with Crippen LogP contribution in [-0.2, 0) is 0 Å². The van der Waals surface area contributed by atoms with Crippen molar-refractivity contribution >= 4 is 16.9 Å². The van der Waals surface area contributed by atoms with E-state index in [0.29, 0.717) is 16.5 Å². The number of piperidine rings is 1. The summed E-state index contributed by atoms with van der Waals surface area (Å²) in [6.45, 7) is 3.95. The lowest BCUT2D eigenvalue weighted by molar-refractivity contribution is 0.0737. The summed E-state index contributed by atoms with van der Waals surface area (Å²) in [5, 5.41) is 0. The second kappa shape index (κ2) is 5.23. The Balaban J connectivity index is 1.53. The Morgan fingerprint density at radius 3 is 2.57 bits per heavy atom. The minimum atomic E-state index is -0.240. The number of hydrogen-bond donors (Lipinski definition) is 2. The lowest BCUT2D eigenvalue weighted by atomic mass is 9.78. The smallest absolute Gasteiger partial charge is 0.323 e. The van der Waals surface area contributed by atoms with Crippen molar-refractivity contribution in [2.24, 2.45) is 5.41 Å². The molecule has 2 N–H and O–H groups in total. The maximum absolute atomic E-state index is 12.8. The molecule has 2 fully saturated rings. The van der Waals surface area contributed by atoms with Crippen LogP contribution in [0.1, 0.15) is 29.6 Å². The predicted molar refractivity (Wildman–Crippen MR) is 88.6 cm³/mol. The number of nitrogens with one attached hydrogen (secondary N) is 2. The molecular formula is C17H22N4O2. The van der Waals surface area contributed by atoms with Gasteiger partial charge in [-0.25, -0.2) is 4.79 Å². The van der Waals surface area contributed by atoms with E-state index in [0.717, 1.165) is 38.1 Å². The molecule has 0 aliphatic carbocycles. The molecule has 4 rings (SSSR count). The Kier molecular flexibility index (Phi) is 3.30. The molecule has 0 unspecified atom stereocenters. The first-order valence-electron chi connectivity index (χ1n) is 8.25. The van der Waals surface area contributed by atoms with Crippen molar-refractivity contribution in [3.63, 3.8) is 0 Å². The molecule has 2 aliphatic heterocycles. The number of carbonyl (C=O) groups excluding carboxylic acids is 1. The highest BCUT2D eigenvalue weighted by Crippen LogP contribution is 2.40. The Morgan fingerprint density at radius 1 is 1.09 bits per heavy atom. The Labute approximate surface area is 134 Å². The number of aromatic amines is 2. The molecule has 1 aromatic heterocycles. The normalized spacial score (nSPS) is 21.3. The monoisotopic (exact) mass is 314 g/mol. The van der Waals surface area contributed by atoms with Gasteiger partial charge < -0.3 is 19.8 Å². The summed E-state index contributed by atoms with van der Waals surface area (Å²) in [6.07, 6.45) is 3.46. The van der Waals surface area contributed by atoms with Crippen LogP contribution in [0.4, 0.5) is 0 Å². The molecule has 6 heteroatoms. The number of aromatic nitrogens is 2. The molecule has 122 valence electrons. The van der Waals surface area contributed by atoms with Gasteiger partial charge in [-0.3, -0.25) is 4.79 Å². The van der Waals surface area contributed by atoms with Gasteiger partial charge in [0.25, 0.3) is 5.91 Å². The Morgan fingerprint density at radius 2 is 1.78 bits per heavy atom. The van der Waals surface area contributed by atoms with Crippen molar-refractivity contribution in [3.05, 3.63) is 34.2 Å². The van der Waals surface area contributed by atoms with Gasteiger partial charge in [0.2, 0.25) is 0 Å². The second-order valence-electron chi connectivity index (χ2n) is 7.12. The third-order valence-electron chi connectivity index (χ3n) is 5.54. The molecule has 0 bridgehead atoms. The number of benzene rings is 1. The van der Waals surface area contributed by atoms with Gasteiger partial charge in [0.1, 0.15) is 0 Å². The van der Waals surface area contributed by atoms with Crippen LogP contribution < -0.4 is 5.69 Å². The number of amides is 1. The van der Waals surface area contributed by atoms with Gasteiger partial charge in [-0.15, -0.1) is 0 Å². The van der Waals surface area contributed by atoms with E-state index in [-0.39, 0.29) is 11.6 Å². The van der Waals surface area contributed by atoms with Gasteiger partial charge in [0, 0.05) is 18.7 Å². The molecule has 0 radical (unpaired) electrons. The number of nitrogens with zero attached hydrogens (tertiary/aromatic N) is 2. The maximum Gasteiger partial charge on any atom is 0.323 e. The molecule has 6 nitrogen and oxygen atoms in total.